The first-order valence-corrected chi connectivity index (χ1v) is 7.10. The smallest absolute Gasteiger partial charge is 0.304 e. The zero-order chi connectivity index (χ0) is 13.1. The number of aliphatic carboxylic acids is 1. The second-order valence-corrected chi connectivity index (χ2v) is 5.99. The summed E-state index contributed by atoms with van der Waals surface area (Å²) in [5.74, 6) is -1.61. The van der Waals surface area contributed by atoms with Crippen LogP contribution in [0.1, 0.15) is 12.1 Å². The SMILES string of the molecule is Cc1nc(Br)ccc1NS(=O)(=O)CCC(=O)O. The number of nitrogens with one attached hydrogen (secondary N) is 1. The van der Waals surface area contributed by atoms with Gasteiger partial charge in [-0.15, -0.1) is 0 Å². The fourth-order valence-electron chi connectivity index (χ4n) is 1.08. The van der Waals surface area contributed by atoms with Crippen molar-refractivity contribution < 1.29 is 18.3 Å². The Balaban J connectivity index is 2.79. The zero-order valence-corrected chi connectivity index (χ0v) is 11.4. The normalized spacial score (nSPS) is 11.2. The van der Waals surface area contributed by atoms with Gasteiger partial charge in [0.2, 0.25) is 10.0 Å². The molecule has 17 heavy (non-hydrogen) atoms. The first-order valence-electron chi connectivity index (χ1n) is 4.65. The summed E-state index contributed by atoms with van der Waals surface area (Å²) in [5.41, 5.74) is 0.858. The molecule has 0 saturated heterocycles. The van der Waals surface area contributed by atoms with E-state index in [9.17, 15) is 13.2 Å². The Labute approximate surface area is 107 Å². The van der Waals surface area contributed by atoms with E-state index in [4.69, 9.17) is 5.11 Å². The number of carbonyl (C=O) groups is 1. The molecule has 0 atom stereocenters. The van der Waals surface area contributed by atoms with Gasteiger partial charge >= 0.3 is 5.97 Å². The van der Waals surface area contributed by atoms with Crippen LogP contribution in [0.5, 0.6) is 0 Å². The summed E-state index contributed by atoms with van der Waals surface area (Å²) >= 11 is 3.16. The first-order chi connectivity index (χ1) is 7.80. The Bertz CT molecular complexity index is 530. The monoisotopic (exact) mass is 322 g/mol. The number of anilines is 1. The largest absolute Gasteiger partial charge is 0.481 e. The Kier molecular flexibility index (Phi) is 4.47. The van der Waals surface area contributed by atoms with Gasteiger partial charge < -0.3 is 5.11 Å². The van der Waals surface area contributed by atoms with E-state index in [1.54, 1.807) is 19.1 Å². The summed E-state index contributed by atoms with van der Waals surface area (Å²) in [6.45, 7) is 1.65. The molecule has 0 aliphatic carbocycles. The van der Waals surface area contributed by atoms with Gasteiger partial charge in [0.05, 0.1) is 23.6 Å². The second-order valence-electron chi connectivity index (χ2n) is 3.33. The molecule has 8 heteroatoms. The van der Waals surface area contributed by atoms with Crippen molar-refractivity contribution in [1.82, 2.24) is 4.98 Å². The van der Waals surface area contributed by atoms with Crippen molar-refractivity contribution in [1.29, 1.82) is 0 Å². The predicted octanol–water partition coefficient (Wildman–Crippen LogP) is 1.37. The van der Waals surface area contributed by atoms with Crippen molar-refractivity contribution in [2.75, 3.05) is 10.5 Å². The molecule has 0 spiro atoms. The molecule has 0 bridgehead atoms. The third-order valence-corrected chi connectivity index (χ3v) is 3.62. The molecule has 0 fully saturated rings. The van der Waals surface area contributed by atoms with E-state index in [2.05, 4.69) is 25.6 Å². The molecule has 0 amide bonds. The maximum Gasteiger partial charge on any atom is 0.304 e. The highest BCUT2D eigenvalue weighted by atomic mass is 79.9. The molecule has 1 rings (SSSR count). The molecular weight excluding hydrogens is 312 g/mol. The number of pyridine rings is 1. The molecule has 0 aliphatic heterocycles. The maximum atomic E-state index is 11.5. The van der Waals surface area contributed by atoms with Crippen LogP contribution in [0.2, 0.25) is 0 Å². The van der Waals surface area contributed by atoms with Crippen LogP contribution in [0, 0.1) is 6.92 Å². The van der Waals surface area contributed by atoms with Crippen molar-refractivity contribution in [2.24, 2.45) is 0 Å². The lowest BCUT2D eigenvalue weighted by molar-refractivity contribution is -0.136. The standard InChI is InChI=1S/C9H11BrN2O4S/c1-6-7(2-3-8(10)11-6)12-17(15,16)5-4-9(13)14/h2-3,12H,4-5H2,1H3,(H,13,14). The summed E-state index contributed by atoms with van der Waals surface area (Å²) in [6.07, 6.45) is -0.432. The van der Waals surface area contributed by atoms with Crippen LogP contribution in [-0.2, 0) is 14.8 Å². The van der Waals surface area contributed by atoms with Crippen molar-refractivity contribution in [3.05, 3.63) is 22.4 Å². The summed E-state index contributed by atoms with van der Waals surface area (Å²) in [4.78, 5) is 14.3. The van der Waals surface area contributed by atoms with E-state index in [0.717, 1.165) is 0 Å². The number of aryl methyl sites for hydroxylation is 1. The third kappa shape index (κ3) is 4.70. The van der Waals surface area contributed by atoms with E-state index in [-0.39, 0.29) is 0 Å². The maximum absolute atomic E-state index is 11.5. The van der Waals surface area contributed by atoms with Gasteiger partial charge in [-0.3, -0.25) is 9.52 Å². The number of hydrogen-bond donors (Lipinski definition) is 2. The van der Waals surface area contributed by atoms with Crippen molar-refractivity contribution >= 4 is 37.6 Å². The van der Waals surface area contributed by atoms with Gasteiger partial charge in [0.15, 0.2) is 0 Å². The van der Waals surface area contributed by atoms with Crippen LogP contribution in [0.15, 0.2) is 16.7 Å². The molecule has 0 saturated carbocycles. The van der Waals surface area contributed by atoms with Crippen LogP contribution in [0.25, 0.3) is 0 Å². The van der Waals surface area contributed by atoms with Gasteiger partial charge in [-0.1, -0.05) is 0 Å². The van der Waals surface area contributed by atoms with E-state index < -0.39 is 28.2 Å². The van der Waals surface area contributed by atoms with Crippen molar-refractivity contribution in [2.45, 2.75) is 13.3 Å². The molecule has 2 N–H and O–H groups in total. The van der Waals surface area contributed by atoms with Gasteiger partial charge in [0, 0.05) is 0 Å². The average Bonchev–Trinajstić information content (AvgIpc) is 2.20. The van der Waals surface area contributed by atoms with E-state index in [1.165, 1.54) is 0 Å². The number of hydrogen-bond acceptors (Lipinski definition) is 4. The van der Waals surface area contributed by atoms with Gasteiger partial charge in [-0.05, 0) is 35.0 Å². The first kappa shape index (κ1) is 13.9. The van der Waals surface area contributed by atoms with Crippen LogP contribution < -0.4 is 4.72 Å². The number of carboxylic acids is 1. The lowest BCUT2D eigenvalue weighted by Gasteiger charge is -2.09. The minimum atomic E-state index is -3.65. The highest BCUT2D eigenvalue weighted by molar-refractivity contribution is 9.10. The number of aromatic nitrogens is 1. The second kappa shape index (κ2) is 5.46. The van der Waals surface area contributed by atoms with Gasteiger partial charge in [-0.2, -0.15) is 0 Å². The lowest BCUT2D eigenvalue weighted by atomic mass is 10.3. The van der Waals surface area contributed by atoms with Crippen LogP contribution in [-0.4, -0.2) is 30.2 Å². The van der Waals surface area contributed by atoms with Gasteiger partial charge in [-0.25, -0.2) is 13.4 Å². The van der Waals surface area contributed by atoms with E-state index >= 15 is 0 Å². The third-order valence-electron chi connectivity index (χ3n) is 1.90. The molecule has 0 radical (unpaired) electrons. The summed E-state index contributed by atoms with van der Waals surface area (Å²) in [6, 6.07) is 3.16. The van der Waals surface area contributed by atoms with Crippen molar-refractivity contribution in [3.63, 3.8) is 0 Å². The number of sulfonamides is 1. The van der Waals surface area contributed by atoms with E-state index in [1.807, 2.05) is 0 Å². The van der Waals surface area contributed by atoms with Crippen molar-refractivity contribution in [3.8, 4) is 0 Å². The Morgan fingerprint density at radius 1 is 1.53 bits per heavy atom. The minimum Gasteiger partial charge on any atom is -0.481 e. The number of nitrogens with zero attached hydrogens (tertiary/aromatic N) is 1. The molecule has 0 aliphatic rings. The predicted molar refractivity (Wildman–Crippen MR) is 66.3 cm³/mol. The number of halogens is 1. The highest BCUT2D eigenvalue weighted by Crippen LogP contribution is 2.17. The molecule has 0 aromatic carbocycles. The fraction of sp³-hybridized carbons (Fsp3) is 0.333. The topological polar surface area (TPSA) is 96.4 Å². The van der Waals surface area contributed by atoms with Gasteiger partial charge in [0.25, 0.3) is 0 Å². The van der Waals surface area contributed by atoms with Crippen LogP contribution in [0.3, 0.4) is 0 Å². The molecular formula is C9H11BrN2O4S. The number of carboxylic acid groups (broad SMARTS) is 1. The molecule has 1 aromatic heterocycles. The Morgan fingerprint density at radius 3 is 2.71 bits per heavy atom. The summed E-state index contributed by atoms with van der Waals surface area (Å²) in [7, 11) is -3.65. The summed E-state index contributed by atoms with van der Waals surface area (Å²) in [5, 5.41) is 8.42. The highest BCUT2D eigenvalue weighted by Gasteiger charge is 2.14. The minimum absolute atomic E-state index is 0.346. The molecule has 1 aromatic rings. The zero-order valence-electron chi connectivity index (χ0n) is 8.97. The molecule has 94 valence electrons. The van der Waals surface area contributed by atoms with Crippen LogP contribution in [0.4, 0.5) is 5.69 Å². The average molecular weight is 323 g/mol. The lowest BCUT2D eigenvalue weighted by Crippen LogP contribution is -2.19. The van der Waals surface area contributed by atoms with E-state index in [0.29, 0.717) is 16.0 Å². The molecule has 0 unspecified atom stereocenters. The quantitative estimate of drug-likeness (QED) is 0.798. The van der Waals surface area contributed by atoms with Crippen LogP contribution >= 0.6 is 15.9 Å². The fourth-order valence-corrected chi connectivity index (χ4v) is 2.57. The number of rotatable bonds is 5. The molecule has 6 nitrogen and oxygen atoms in total. The van der Waals surface area contributed by atoms with Gasteiger partial charge in [0.1, 0.15) is 4.60 Å². The summed E-state index contributed by atoms with van der Waals surface area (Å²) < 4.78 is 26.0. The molecule has 1 heterocycles. The Hall–Kier alpha value is -1.15. The Morgan fingerprint density at radius 2 is 2.18 bits per heavy atom.